The number of unbranched alkanes of at least 4 members (excludes halogenated alkanes) is 1. The Labute approximate surface area is 79.6 Å². The fraction of sp³-hybridized carbons (Fsp3) is 0.455. The highest BCUT2D eigenvalue weighted by Crippen LogP contribution is 2.12. The molecule has 2 N–H and O–H groups in total. The van der Waals surface area contributed by atoms with E-state index in [1.165, 1.54) is 11.3 Å². The second kappa shape index (κ2) is 5.60. The van der Waals surface area contributed by atoms with Gasteiger partial charge in [0, 0.05) is 18.8 Å². The molecule has 72 valence electrons. The van der Waals surface area contributed by atoms with E-state index >= 15 is 0 Å². The van der Waals surface area contributed by atoms with Crippen LogP contribution in [-0.4, -0.2) is 18.3 Å². The van der Waals surface area contributed by atoms with Gasteiger partial charge in [0.05, 0.1) is 0 Å². The molecule has 0 saturated carbocycles. The van der Waals surface area contributed by atoms with Crippen LogP contribution in [0.15, 0.2) is 24.3 Å². The van der Waals surface area contributed by atoms with Crippen molar-refractivity contribution in [1.82, 2.24) is 0 Å². The van der Waals surface area contributed by atoms with E-state index < -0.39 is 0 Å². The Kier molecular flexibility index (Phi) is 4.33. The van der Waals surface area contributed by atoms with Crippen molar-refractivity contribution in [1.29, 1.82) is 0 Å². The van der Waals surface area contributed by atoms with Crippen LogP contribution in [0.2, 0.25) is 0 Å². The van der Waals surface area contributed by atoms with Crippen molar-refractivity contribution >= 4 is 5.69 Å². The first kappa shape index (κ1) is 10.1. The summed E-state index contributed by atoms with van der Waals surface area (Å²) in [4.78, 5) is 0. The Morgan fingerprint density at radius 2 is 2.00 bits per heavy atom. The van der Waals surface area contributed by atoms with Crippen LogP contribution in [0.1, 0.15) is 18.4 Å². The van der Waals surface area contributed by atoms with Gasteiger partial charge in [-0.05, 0) is 31.4 Å². The monoisotopic (exact) mass is 179 g/mol. The van der Waals surface area contributed by atoms with Crippen LogP contribution in [-0.2, 0) is 0 Å². The molecule has 0 bridgehead atoms. The minimum Gasteiger partial charge on any atom is -0.396 e. The first-order chi connectivity index (χ1) is 6.34. The molecular formula is C11H17NO. The van der Waals surface area contributed by atoms with Gasteiger partial charge < -0.3 is 10.4 Å². The average molecular weight is 179 g/mol. The quantitative estimate of drug-likeness (QED) is 0.679. The Bertz CT molecular complexity index is 248. The second-order valence-corrected chi connectivity index (χ2v) is 3.17. The van der Waals surface area contributed by atoms with Crippen LogP contribution in [0, 0.1) is 6.92 Å². The lowest BCUT2D eigenvalue weighted by Gasteiger charge is -2.08. The number of benzene rings is 1. The summed E-state index contributed by atoms with van der Waals surface area (Å²) in [5.74, 6) is 0. The van der Waals surface area contributed by atoms with Crippen molar-refractivity contribution in [2.75, 3.05) is 18.5 Å². The first-order valence-corrected chi connectivity index (χ1v) is 4.75. The molecule has 0 spiro atoms. The molecular weight excluding hydrogens is 162 g/mol. The number of rotatable bonds is 5. The topological polar surface area (TPSA) is 32.3 Å². The summed E-state index contributed by atoms with van der Waals surface area (Å²) in [7, 11) is 0. The Morgan fingerprint density at radius 3 is 2.69 bits per heavy atom. The van der Waals surface area contributed by atoms with Gasteiger partial charge in [-0.25, -0.2) is 0 Å². The first-order valence-electron chi connectivity index (χ1n) is 4.75. The number of para-hydroxylation sites is 1. The predicted molar refractivity (Wildman–Crippen MR) is 56.0 cm³/mol. The van der Waals surface area contributed by atoms with Crippen LogP contribution in [0.5, 0.6) is 0 Å². The molecule has 0 aliphatic rings. The lowest BCUT2D eigenvalue weighted by Crippen LogP contribution is -2.03. The third-order valence-corrected chi connectivity index (χ3v) is 2.05. The smallest absolute Gasteiger partial charge is 0.0431 e. The van der Waals surface area contributed by atoms with E-state index in [-0.39, 0.29) is 6.61 Å². The zero-order valence-electron chi connectivity index (χ0n) is 8.09. The van der Waals surface area contributed by atoms with E-state index in [9.17, 15) is 0 Å². The van der Waals surface area contributed by atoms with Gasteiger partial charge in [-0.1, -0.05) is 18.2 Å². The molecule has 2 heteroatoms. The number of aliphatic hydroxyl groups excluding tert-OH is 1. The molecule has 0 aromatic heterocycles. The minimum atomic E-state index is 0.287. The van der Waals surface area contributed by atoms with E-state index in [0.717, 1.165) is 19.4 Å². The normalized spacial score (nSPS) is 10.0. The van der Waals surface area contributed by atoms with Crippen LogP contribution < -0.4 is 5.32 Å². The van der Waals surface area contributed by atoms with E-state index in [4.69, 9.17) is 5.11 Å². The van der Waals surface area contributed by atoms with Gasteiger partial charge in [0.1, 0.15) is 0 Å². The van der Waals surface area contributed by atoms with Crippen molar-refractivity contribution in [3.63, 3.8) is 0 Å². The summed E-state index contributed by atoms with van der Waals surface area (Å²) in [5, 5.41) is 11.9. The fourth-order valence-electron chi connectivity index (χ4n) is 1.23. The molecule has 1 aromatic rings. The molecule has 0 atom stereocenters. The molecule has 0 radical (unpaired) electrons. The van der Waals surface area contributed by atoms with Gasteiger partial charge in [0.15, 0.2) is 0 Å². The van der Waals surface area contributed by atoms with Gasteiger partial charge in [-0.3, -0.25) is 0 Å². The largest absolute Gasteiger partial charge is 0.396 e. The maximum Gasteiger partial charge on any atom is 0.0431 e. The average Bonchev–Trinajstić information content (AvgIpc) is 2.15. The summed E-state index contributed by atoms with van der Waals surface area (Å²) in [6.45, 7) is 3.31. The number of anilines is 1. The van der Waals surface area contributed by atoms with Gasteiger partial charge >= 0.3 is 0 Å². The molecule has 0 aliphatic carbocycles. The van der Waals surface area contributed by atoms with Crippen LogP contribution in [0.4, 0.5) is 5.69 Å². The number of hydrogen-bond donors (Lipinski definition) is 2. The third kappa shape index (κ3) is 3.47. The van der Waals surface area contributed by atoms with Crippen molar-refractivity contribution in [2.45, 2.75) is 19.8 Å². The minimum absolute atomic E-state index is 0.287. The van der Waals surface area contributed by atoms with Crippen LogP contribution in [0.3, 0.4) is 0 Å². The molecule has 0 unspecified atom stereocenters. The van der Waals surface area contributed by atoms with Crippen molar-refractivity contribution in [2.24, 2.45) is 0 Å². The van der Waals surface area contributed by atoms with Gasteiger partial charge in [0.2, 0.25) is 0 Å². The summed E-state index contributed by atoms with van der Waals surface area (Å²) in [5.41, 5.74) is 2.46. The standard InChI is InChI=1S/C11H17NO/c1-10-6-2-3-7-11(10)12-8-4-5-9-13/h2-3,6-7,12-13H,4-5,8-9H2,1H3. The molecule has 2 nitrogen and oxygen atoms in total. The summed E-state index contributed by atoms with van der Waals surface area (Å²) >= 11 is 0. The Balaban J connectivity index is 2.32. The van der Waals surface area contributed by atoms with Crippen molar-refractivity contribution < 1.29 is 5.11 Å². The SMILES string of the molecule is Cc1ccccc1NCCCCO. The highest BCUT2D eigenvalue weighted by molar-refractivity contribution is 5.49. The second-order valence-electron chi connectivity index (χ2n) is 3.17. The van der Waals surface area contributed by atoms with Crippen LogP contribution in [0.25, 0.3) is 0 Å². The maximum absolute atomic E-state index is 8.59. The number of nitrogens with one attached hydrogen (secondary N) is 1. The predicted octanol–water partition coefficient (Wildman–Crippen LogP) is 2.18. The van der Waals surface area contributed by atoms with Crippen molar-refractivity contribution in [3.05, 3.63) is 29.8 Å². The zero-order valence-corrected chi connectivity index (χ0v) is 8.09. The zero-order chi connectivity index (χ0) is 9.52. The Morgan fingerprint density at radius 1 is 1.23 bits per heavy atom. The highest BCUT2D eigenvalue weighted by atomic mass is 16.2. The lowest BCUT2D eigenvalue weighted by molar-refractivity contribution is 0.286. The molecule has 0 saturated heterocycles. The fourth-order valence-corrected chi connectivity index (χ4v) is 1.23. The molecule has 13 heavy (non-hydrogen) atoms. The van der Waals surface area contributed by atoms with E-state index in [1.54, 1.807) is 0 Å². The molecule has 0 fully saturated rings. The molecule has 1 aromatic carbocycles. The maximum atomic E-state index is 8.59. The molecule has 1 rings (SSSR count). The summed E-state index contributed by atoms with van der Waals surface area (Å²) in [6, 6.07) is 8.23. The number of aryl methyl sites for hydroxylation is 1. The summed E-state index contributed by atoms with van der Waals surface area (Å²) in [6.07, 6.45) is 1.89. The van der Waals surface area contributed by atoms with Gasteiger partial charge in [-0.2, -0.15) is 0 Å². The third-order valence-electron chi connectivity index (χ3n) is 2.05. The number of hydrogen-bond acceptors (Lipinski definition) is 2. The van der Waals surface area contributed by atoms with E-state index in [2.05, 4.69) is 24.4 Å². The lowest BCUT2D eigenvalue weighted by atomic mass is 10.2. The Hall–Kier alpha value is -1.02. The van der Waals surface area contributed by atoms with Gasteiger partial charge in [-0.15, -0.1) is 0 Å². The van der Waals surface area contributed by atoms with E-state index in [0.29, 0.717) is 0 Å². The van der Waals surface area contributed by atoms with E-state index in [1.807, 2.05) is 12.1 Å². The number of aliphatic hydroxyl groups is 1. The summed E-state index contributed by atoms with van der Waals surface area (Å²) < 4.78 is 0. The molecule has 0 amide bonds. The van der Waals surface area contributed by atoms with Crippen molar-refractivity contribution in [3.8, 4) is 0 Å². The van der Waals surface area contributed by atoms with Crippen LogP contribution >= 0.6 is 0 Å². The highest BCUT2D eigenvalue weighted by Gasteiger charge is 1.94. The molecule has 0 heterocycles. The van der Waals surface area contributed by atoms with Gasteiger partial charge in [0.25, 0.3) is 0 Å². The molecule has 0 aliphatic heterocycles.